The summed E-state index contributed by atoms with van der Waals surface area (Å²) in [4.78, 5) is 26.3. The lowest BCUT2D eigenvalue weighted by atomic mass is 9.96. The number of anilines is 1. The number of benzene rings is 3. The van der Waals surface area contributed by atoms with Crippen molar-refractivity contribution < 1.29 is 19.1 Å². The maximum absolute atomic E-state index is 13.2. The van der Waals surface area contributed by atoms with Gasteiger partial charge in [-0.3, -0.25) is 9.59 Å². The molecule has 31 heavy (non-hydrogen) atoms. The third-order valence-electron chi connectivity index (χ3n) is 4.91. The van der Waals surface area contributed by atoms with Gasteiger partial charge in [0.15, 0.2) is 0 Å². The van der Waals surface area contributed by atoms with E-state index in [4.69, 9.17) is 9.47 Å². The van der Waals surface area contributed by atoms with Crippen molar-refractivity contribution in [3.8, 4) is 5.75 Å². The van der Waals surface area contributed by atoms with Gasteiger partial charge in [-0.05, 0) is 31.0 Å². The zero-order chi connectivity index (χ0) is 22.1. The molecule has 160 valence electrons. The molecule has 0 spiro atoms. The summed E-state index contributed by atoms with van der Waals surface area (Å²) in [6.45, 7) is 4.27. The van der Waals surface area contributed by atoms with Crippen LogP contribution in [0.4, 0.5) is 5.69 Å². The van der Waals surface area contributed by atoms with Crippen molar-refractivity contribution >= 4 is 17.6 Å². The maximum atomic E-state index is 13.2. The lowest BCUT2D eigenvalue weighted by molar-refractivity contribution is -0.156. The summed E-state index contributed by atoms with van der Waals surface area (Å²) in [7, 11) is 0. The van der Waals surface area contributed by atoms with E-state index in [1.165, 1.54) is 0 Å². The molecule has 0 aliphatic carbocycles. The molecule has 3 aromatic carbocycles. The second kappa shape index (κ2) is 11.0. The van der Waals surface area contributed by atoms with Gasteiger partial charge in [-0.25, -0.2) is 0 Å². The highest BCUT2D eigenvalue weighted by atomic mass is 16.5. The van der Waals surface area contributed by atoms with Gasteiger partial charge in [-0.1, -0.05) is 79.7 Å². The number of amides is 1. The van der Waals surface area contributed by atoms with E-state index in [9.17, 15) is 9.59 Å². The molecule has 0 fully saturated rings. The lowest BCUT2D eigenvalue weighted by Gasteiger charge is -2.22. The normalized spacial score (nSPS) is 12.5. The Morgan fingerprint density at radius 1 is 0.806 bits per heavy atom. The average Bonchev–Trinajstić information content (AvgIpc) is 2.80. The van der Waals surface area contributed by atoms with E-state index in [1.54, 1.807) is 24.3 Å². The first-order valence-electron chi connectivity index (χ1n) is 10.5. The van der Waals surface area contributed by atoms with Crippen molar-refractivity contribution in [2.24, 2.45) is 0 Å². The largest absolute Gasteiger partial charge is 0.492 e. The molecule has 0 radical (unpaired) electrons. The summed E-state index contributed by atoms with van der Waals surface area (Å²) in [6, 6.07) is 25.7. The van der Waals surface area contributed by atoms with Crippen LogP contribution in [0.5, 0.6) is 5.75 Å². The van der Waals surface area contributed by atoms with Crippen molar-refractivity contribution in [1.29, 1.82) is 0 Å². The summed E-state index contributed by atoms with van der Waals surface area (Å²) in [5.74, 6) is -0.756. The van der Waals surface area contributed by atoms with Crippen LogP contribution >= 0.6 is 0 Å². The molecule has 2 unspecified atom stereocenters. The summed E-state index contributed by atoms with van der Waals surface area (Å²) in [5, 5.41) is 2.85. The van der Waals surface area contributed by atoms with E-state index < -0.39 is 23.9 Å². The number of rotatable bonds is 9. The number of nitrogens with one attached hydrogen (secondary N) is 1. The number of carbonyl (C=O) groups is 2. The summed E-state index contributed by atoms with van der Waals surface area (Å²) < 4.78 is 11.4. The number of hydrogen-bond acceptors (Lipinski definition) is 4. The van der Waals surface area contributed by atoms with E-state index >= 15 is 0 Å². The topological polar surface area (TPSA) is 64.6 Å². The number of esters is 1. The molecule has 0 saturated carbocycles. The third kappa shape index (κ3) is 5.72. The van der Waals surface area contributed by atoms with Crippen LogP contribution in [-0.2, 0) is 14.3 Å². The predicted molar refractivity (Wildman–Crippen MR) is 121 cm³/mol. The van der Waals surface area contributed by atoms with Crippen molar-refractivity contribution in [2.45, 2.75) is 32.3 Å². The molecule has 1 amide bonds. The fraction of sp³-hybridized carbons (Fsp3) is 0.231. The van der Waals surface area contributed by atoms with E-state index in [0.717, 1.165) is 5.56 Å². The van der Waals surface area contributed by atoms with Crippen LogP contribution in [0, 0.1) is 0 Å². The highest BCUT2D eigenvalue weighted by Crippen LogP contribution is 2.29. The molecule has 3 rings (SSSR count). The molecule has 0 bridgehead atoms. The van der Waals surface area contributed by atoms with Crippen molar-refractivity contribution in [3.05, 3.63) is 96.1 Å². The molecule has 0 aromatic heterocycles. The van der Waals surface area contributed by atoms with E-state index in [1.807, 2.05) is 74.5 Å². The minimum atomic E-state index is -1.08. The van der Waals surface area contributed by atoms with Crippen LogP contribution in [0.2, 0.25) is 0 Å². The molecular weight excluding hydrogens is 390 g/mol. The van der Waals surface area contributed by atoms with E-state index in [2.05, 4.69) is 5.32 Å². The van der Waals surface area contributed by atoms with Gasteiger partial charge < -0.3 is 14.8 Å². The first kappa shape index (κ1) is 22.1. The first-order chi connectivity index (χ1) is 15.1. The van der Waals surface area contributed by atoms with Crippen LogP contribution in [0.3, 0.4) is 0 Å². The van der Waals surface area contributed by atoms with Gasteiger partial charge in [0.25, 0.3) is 5.91 Å². The summed E-state index contributed by atoms with van der Waals surface area (Å²) >= 11 is 0. The average molecular weight is 418 g/mol. The second-order valence-electron chi connectivity index (χ2n) is 7.02. The molecule has 1 N–H and O–H groups in total. The van der Waals surface area contributed by atoms with Crippen LogP contribution in [0.25, 0.3) is 0 Å². The number of para-hydroxylation sites is 2. The van der Waals surface area contributed by atoms with Crippen LogP contribution in [0.15, 0.2) is 84.9 Å². The SMILES string of the molecule is CCOc1ccccc1NC(=O)C(OC(=O)C(CC)c1ccccc1)c1ccccc1. The first-order valence-corrected chi connectivity index (χ1v) is 10.5. The second-order valence-corrected chi connectivity index (χ2v) is 7.02. The highest BCUT2D eigenvalue weighted by molar-refractivity contribution is 5.97. The van der Waals surface area contributed by atoms with Gasteiger partial charge in [-0.15, -0.1) is 0 Å². The van der Waals surface area contributed by atoms with E-state index in [0.29, 0.717) is 30.0 Å². The molecule has 0 heterocycles. The molecule has 2 atom stereocenters. The molecule has 3 aromatic rings. The Morgan fingerprint density at radius 2 is 1.39 bits per heavy atom. The molecule has 5 nitrogen and oxygen atoms in total. The van der Waals surface area contributed by atoms with Crippen molar-refractivity contribution in [3.63, 3.8) is 0 Å². The molecule has 0 aliphatic heterocycles. The minimum Gasteiger partial charge on any atom is -0.492 e. The highest BCUT2D eigenvalue weighted by Gasteiger charge is 2.29. The summed E-state index contributed by atoms with van der Waals surface area (Å²) in [5.41, 5.74) is 2.00. The monoisotopic (exact) mass is 417 g/mol. The molecule has 5 heteroatoms. The predicted octanol–water partition coefficient (Wildman–Crippen LogP) is 5.50. The Labute approximate surface area is 183 Å². The number of hydrogen-bond donors (Lipinski definition) is 1. The lowest BCUT2D eigenvalue weighted by Crippen LogP contribution is -2.28. The zero-order valence-electron chi connectivity index (χ0n) is 17.8. The standard InChI is InChI=1S/C26H27NO4/c1-3-21(19-13-7-5-8-14-19)26(29)31-24(20-15-9-6-10-16-20)25(28)27-22-17-11-12-18-23(22)30-4-2/h5-18,21,24H,3-4H2,1-2H3,(H,27,28). The fourth-order valence-corrected chi connectivity index (χ4v) is 3.37. The molecule has 0 aliphatic rings. The van der Waals surface area contributed by atoms with Gasteiger partial charge in [-0.2, -0.15) is 0 Å². The Balaban J connectivity index is 1.85. The Bertz CT molecular complexity index is 989. The molecular formula is C26H27NO4. The number of carbonyl (C=O) groups excluding carboxylic acids is 2. The third-order valence-corrected chi connectivity index (χ3v) is 4.91. The smallest absolute Gasteiger partial charge is 0.314 e. The van der Waals surface area contributed by atoms with Crippen LogP contribution < -0.4 is 10.1 Å². The van der Waals surface area contributed by atoms with Gasteiger partial charge in [0.05, 0.1) is 18.2 Å². The van der Waals surface area contributed by atoms with Gasteiger partial charge in [0, 0.05) is 5.56 Å². The maximum Gasteiger partial charge on any atom is 0.314 e. The van der Waals surface area contributed by atoms with Crippen LogP contribution in [0.1, 0.15) is 43.4 Å². The van der Waals surface area contributed by atoms with E-state index in [-0.39, 0.29) is 0 Å². The molecule has 0 saturated heterocycles. The fourth-order valence-electron chi connectivity index (χ4n) is 3.37. The van der Waals surface area contributed by atoms with Crippen LogP contribution in [-0.4, -0.2) is 18.5 Å². The zero-order valence-corrected chi connectivity index (χ0v) is 17.8. The minimum absolute atomic E-state index is 0.434. The van der Waals surface area contributed by atoms with Gasteiger partial charge in [0.2, 0.25) is 6.10 Å². The quantitative estimate of drug-likeness (QED) is 0.467. The van der Waals surface area contributed by atoms with Crippen molar-refractivity contribution in [2.75, 3.05) is 11.9 Å². The van der Waals surface area contributed by atoms with Gasteiger partial charge >= 0.3 is 5.97 Å². The Kier molecular flexibility index (Phi) is 7.82. The summed E-state index contributed by atoms with van der Waals surface area (Å²) in [6.07, 6.45) is -0.514. The Morgan fingerprint density at radius 3 is 2.00 bits per heavy atom. The van der Waals surface area contributed by atoms with Gasteiger partial charge in [0.1, 0.15) is 5.75 Å². The number of ether oxygens (including phenoxy) is 2. The van der Waals surface area contributed by atoms with Crippen molar-refractivity contribution in [1.82, 2.24) is 0 Å². The Hall–Kier alpha value is -3.60.